The van der Waals surface area contributed by atoms with Crippen LogP contribution in [0.1, 0.15) is 64.4 Å². The molecular weight excluding hydrogens is 557 g/mol. The number of aromatic amines is 1. The molecule has 0 saturated carbocycles. The number of hydrogen-bond acceptors (Lipinski definition) is 5. The maximum Gasteiger partial charge on any atom is 1.00 e. The summed E-state index contributed by atoms with van der Waals surface area (Å²) in [6.45, 7) is 15.0. The number of nitrogens with zero attached hydrogens (tertiary/aromatic N) is 3. The second-order valence-corrected chi connectivity index (χ2v) is 16.8. The molecule has 0 unspecified atom stereocenters. The smallest absolute Gasteiger partial charge is 0.543 e. The number of fused-ring (bicyclic) bond motifs is 1. The number of unbranched alkanes of at least 4 members (excludes halogenated alkanes) is 1. The molecular formula is C31H41N5NaO4Si+. The average molecular weight is 599 g/mol. The van der Waals surface area contributed by atoms with Crippen LogP contribution in [-0.2, 0) is 24.3 Å². The zero-order valence-corrected chi connectivity index (χ0v) is 29.1. The first-order valence-corrected chi connectivity index (χ1v) is 17.1. The van der Waals surface area contributed by atoms with Gasteiger partial charge in [0.2, 0.25) is 14.2 Å². The van der Waals surface area contributed by atoms with E-state index < -0.39 is 13.9 Å². The Balaban J connectivity index is 0.00000484. The Bertz CT molecular complexity index is 1670. The van der Waals surface area contributed by atoms with Gasteiger partial charge in [0.15, 0.2) is 5.65 Å². The van der Waals surface area contributed by atoms with Crippen LogP contribution < -0.4 is 50.5 Å². The summed E-state index contributed by atoms with van der Waals surface area (Å²) in [5, 5.41) is 2.76. The van der Waals surface area contributed by atoms with E-state index in [0.29, 0.717) is 41.4 Å². The molecule has 218 valence electrons. The Hall–Kier alpha value is -2.92. The number of aryl methyl sites for hydroxylation is 1. The fourth-order valence-corrected chi connectivity index (χ4v) is 5.45. The first kappa shape index (κ1) is 33.6. The van der Waals surface area contributed by atoms with Gasteiger partial charge in [-0.2, -0.15) is 0 Å². The van der Waals surface area contributed by atoms with Crippen LogP contribution in [0.15, 0.2) is 58.1 Å². The summed E-state index contributed by atoms with van der Waals surface area (Å²) in [5.74, 6) is 1.16. The van der Waals surface area contributed by atoms with Crippen LogP contribution in [0.4, 0.5) is 5.69 Å². The van der Waals surface area contributed by atoms with E-state index in [-0.39, 0.29) is 52.7 Å². The van der Waals surface area contributed by atoms with E-state index in [1.807, 2.05) is 48.5 Å². The largest absolute Gasteiger partial charge is 1.00 e. The third kappa shape index (κ3) is 7.53. The Morgan fingerprint density at radius 3 is 2.33 bits per heavy atom. The van der Waals surface area contributed by atoms with E-state index in [1.54, 1.807) is 4.57 Å². The summed E-state index contributed by atoms with van der Waals surface area (Å²) < 4.78 is 9.50. The normalized spacial score (nSPS) is 11.8. The van der Waals surface area contributed by atoms with Crippen molar-refractivity contribution < 1.29 is 38.8 Å². The zero-order chi connectivity index (χ0) is 29.9. The molecule has 42 heavy (non-hydrogen) atoms. The van der Waals surface area contributed by atoms with Crippen molar-refractivity contribution in [3.8, 4) is 5.75 Å². The van der Waals surface area contributed by atoms with Gasteiger partial charge in [-0.15, -0.1) is 0 Å². The zero-order valence-electron chi connectivity index (χ0n) is 26.1. The minimum Gasteiger partial charge on any atom is -0.543 e. The van der Waals surface area contributed by atoms with Crippen LogP contribution in [0, 0.1) is 0 Å². The fraction of sp³-hybridized carbons (Fsp3) is 0.419. The SMILES string of the molecule is CCCCn1c(=O)n(Cc2ccccc2O[Si](C)(C)C(C)(C)C)c(=O)c2[nH]c(Cc3ccc(NC(C)=O)cc3)nc21.[Na+]. The average Bonchev–Trinajstić information content (AvgIpc) is 3.31. The van der Waals surface area contributed by atoms with Crippen molar-refractivity contribution in [2.75, 3.05) is 5.32 Å². The standard InChI is InChI=1S/C31H41N5O4Si.Na/c1-8-9-18-35-28-27(33-26(34-28)19-22-14-16-24(17-15-22)32-21(2)37)29(38)36(30(35)39)20-23-12-10-11-13-25(23)40-41(6,7)31(3,4)5;/h10-17H,8-9,18-20H2,1-7H3,(H,32,37)(H,33,34);/q;+1. The molecule has 0 saturated heterocycles. The Morgan fingerprint density at radius 1 is 1.05 bits per heavy atom. The van der Waals surface area contributed by atoms with Gasteiger partial charge in [0.1, 0.15) is 17.1 Å². The number of amides is 1. The molecule has 2 aromatic heterocycles. The van der Waals surface area contributed by atoms with Crippen molar-refractivity contribution >= 4 is 31.1 Å². The van der Waals surface area contributed by atoms with E-state index in [1.165, 1.54) is 11.5 Å². The van der Waals surface area contributed by atoms with E-state index in [4.69, 9.17) is 9.41 Å². The van der Waals surface area contributed by atoms with Crippen molar-refractivity contribution in [1.29, 1.82) is 0 Å². The monoisotopic (exact) mass is 598 g/mol. The van der Waals surface area contributed by atoms with E-state index in [2.05, 4.69) is 51.1 Å². The number of carbonyl (C=O) groups excluding carboxylic acids is 1. The molecule has 0 fully saturated rings. The van der Waals surface area contributed by atoms with Crippen molar-refractivity contribution in [2.45, 2.75) is 85.1 Å². The maximum absolute atomic E-state index is 13.8. The molecule has 9 nitrogen and oxygen atoms in total. The molecule has 2 heterocycles. The van der Waals surface area contributed by atoms with Gasteiger partial charge < -0.3 is 14.7 Å². The minimum atomic E-state index is -2.15. The molecule has 2 N–H and O–H groups in total. The molecule has 1 amide bonds. The molecule has 0 aliphatic rings. The first-order valence-electron chi connectivity index (χ1n) is 14.2. The topological polar surface area (TPSA) is 111 Å². The third-order valence-corrected chi connectivity index (χ3v) is 12.1. The third-order valence-electron chi connectivity index (χ3n) is 7.76. The number of para-hydroxylation sites is 1. The second-order valence-electron chi connectivity index (χ2n) is 12.1. The summed E-state index contributed by atoms with van der Waals surface area (Å²) >= 11 is 0. The summed E-state index contributed by atoms with van der Waals surface area (Å²) in [7, 11) is -2.15. The van der Waals surface area contributed by atoms with Crippen LogP contribution in [0.3, 0.4) is 0 Å². The molecule has 11 heteroatoms. The Labute approximate surface area is 270 Å². The Morgan fingerprint density at radius 2 is 1.71 bits per heavy atom. The number of aromatic nitrogens is 4. The van der Waals surface area contributed by atoms with Gasteiger partial charge in [-0.3, -0.25) is 18.7 Å². The van der Waals surface area contributed by atoms with Crippen LogP contribution in [-0.4, -0.2) is 33.3 Å². The van der Waals surface area contributed by atoms with Crippen molar-refractivity contribution in [3.63, 3.8) is 0 Å². The summed E-state index contributed by atoms with van der Waals surface area (Å²) in [5.41, 5.74) is 2.36. The van der Waals surface area contributed by atoms with E-state index >= 15 is 0 Å². The van der Waals surface area contributed by atoms with Crippen molar-refractivity contribution in [1.82, 2.24) is 19.1 Å². The number of benzene rings is 2. The van der Waals surface area contributed by atoms with E-state index in [9.17, 15) is 14.4 Å². The van der Waals surface area contributed by atoms with Crippen LogP contribution >= 0.6 is 0 Å². The van der Waals surface area contributed by atoms with Gasteiger partial charge >= 0.3 is 35.2 Å². The molecule has 0 radical (unpaired) electrons. The summed E-state index contributed by atoms with van der Waals surface area (Å²) in [6, 6.07) is 15.1. The number of rotatable bonds is 10. The van der Waals surface area contributed by atoms with E-state index in [0.717, 1.165) is 24.0 Å². The summed E-state index contributed by atoms with van der Waals surface area (Å²) in [6.07, 6.45) is 2.12. The van der Waals surface area contributed by atoms with Gasteiger partial charge in [-0.1, -0.05) is 64.4 Å². The number of imidazole rings is 1. The number of anilines is 1. The molecule has 0 spiro atoms. The van der Waals surface area contributed by atoms with Gasteiger partial charge in [-0.05, 0) is 48.3 Å². The quantitative estimate of drug-likeness (QED) is 0.273. The maximum atomic E-state index is 13.8. The molecule has 4 rings (SSSR count). The Kier molecular flexibility index (Phi) is 10.9. The first-order chi connectivity index (χ1) is 19.3. The number of nitrogens with one attached hydrogen (secondary N) is 2. The van der Waals surface area contributed by atoms with Crippen LogP contribution in [0.5, 0.6) is 5.75 Å². The molecule has 4 aromatic rings. The van der Waals surface area contributed by atoms with Crippen molar-refractivity contribution in [3.05, 3.63) is 86.3 Å². The molecule has 0 atom stereocenters. The molecule has 0 aliphatic heterocycles. The van der Waals surface area contributed by atoms with Crippen molar-refractivity contribution in [2.24, 2.45) is 0 Å². The van der Waals surface area contributed by atoms with Gasteiger partial charge in [0.25, 0.3) is 5.56 Å². The number of hydrogen-bond donors (Lipinski definition) is 2. The van der Waals surface area contributed by atoms with Gasteiger partial charge in [0, 0.05) is 31.1 Å². The molecule has 0 bridgehead atoms. The number of H-pyrrole nitrogens is 1. The fourth-order valence-electron chi connectivity index (χ4n) is 4.39. The second kappa shape index (κ2) is 13.6. The van der Waals surface area contributed by atoms with Crippen LogP contribution in [0.25, 0.3) is 11.2 Å². The molecule has 2 aromatic carbocycles. The summed E-state index contributed by atoms with van der Waals surface area (Å²) in [4.78, 5) is 46.8. The molecule has 0 aliphatic carbocycles. The van der Waals surface area contributed by atoms with Gasteiger partial charge in [-0.25, -0.2) is 9.78 Å². The predicted molar refractivity (Wildman–Crippen MR) is 166 cm³/mol. The predicted octanol–water partition coefficient (Wildman–Crippen LogP) is 2.67. The minimum absolute atomic E-state index is 0. The number of carbonyl (C=O) groups is 1. The van der Waals surface area contributed by atoms with Crippen LogP contribution in [0.2, 0.25) is 18.1 Å². The van der Waals surface area contributed by atoms with Gasteiger partial charge in [0.05, 0.1) is 6.54 Å².